The molecule has 8 nitrogen and oxygen atoms in total. The smallest absolute Gasteiger partial charge is 0.326 e. The van der Waals surface area contributed by atoms with Crippen LogP contribution in [-0.4, -0.2) is 33.0 Å². The van der Waals surface area contributed by atoms with Crippen LogP contribution in [0.4, 0.5) is 11.4 Å². The number of esters is 1. The van der Waals surface area contributed by atoms with Gasteiger partial charge in [0.2, 0.25) is 0 Å². The monoisotopic (exact) mass is 378 g/mol. The predicted molar refractivity (Wildman–Crippen MR) is 95.6 cm³/mol. The Bertz CT molecular complexity index is 955. The van der Waals surface area contributed by atoms with Gasteiger partial charge < -0.3 is 4.74 Å². The summed E-state index contributed by atoms with van der Waals surface area (Å²) in [6, 6.07) is 9.77. The number of carbonyl (C=O) groups excluding carboxylic acids is 1. The van der Waals surface area contributed by atoms with Crippen molar-refractivity contribution in [3.05, 3.63) is 63.7 Å². The van der Waals surface area contributed by atoms with E-state index in [0.29, 0.717) is 11.3 Å². The molecule has 26 heavy (non-hydrogen) atoms. The van der Waals surface area contributed by atoms with Crippen molar-refractivity contribution in [3.8, 4) is 0 Å². The maximum atomic E-state index is 13.1. The Morgan fingerprint density at radius 3 is 2.46 bits per heavy atom. The van der Waals surface area contributed by atoms with Crippen LogP contribution in [0.5, 0.6) is 0 Å². The van der Waals surface area contributed by atoms with Crippen molar-refractivity contribution in [1.29, 1.82) is 0 Å². The Hall–Kier alpha value is -2.94. The molecule has 138 valence electrons. The summed E-state index contributed by atoms with van der Waals surface area (Å²) in [5, 5.41) is 11.0. The molecule has 0 saturated carbocycles. The molecule has 0 fully saturated rings. The molecule has 0 N–H and O–H groups in total. The third kappa shape index (κ3) is 3.99. The third-order valence-electron chi connectivity index (χ3n) is 3.74. The minimum Gasteiger partial charge on any atom is -0.468 e. The molecule has 0 unspecified atom stereocenters. The molecule has 0 radical (unpaired) electrons. The number of non-ortho nitro benzene ring substituents is 1. The maximum absolute atomic E-state index is 13.1. The van der Waals surface area contributed by atoms with Gasteiger partial charge in [0, 0.05) is 12.1 Å². The SMILES string of the molecule is COC(=O)CN(c1ccc(C)cc1C)S(=O)(=O)c1cccc([N+](=O)[O-])c1. The van der Waals surface area contributed by atoms with Gasteiger partial charge >= 0.3 is 5.97 Å². The van der Waals surface area contributed by atoms with Gasteiger partial charge in [0.15, 0.2) is 0 Å². The predicted octanol–water partition coefficient (Wildman–Crippen LogP) is 2.58. The van der Waals surface area contributed by atoms with E-state index in [-0.39, 0.29) is 10.6 Å². The molecule has 0 aliphatic rings. The fourth-order valence-corrected chi connectivity index (χ4v) is 3.97. The molecule has 0 amide bonds. The summed E-state index contributed by atoms with van der Waals surface area (Å²) < 4.78 is 31.7. The number of nitrogens with zero attached hydrogens (tertiary/aromatic N) is 2. The zero-order chi connectivity index (χ0) is 19.5. The first-order valence-corrected chi connectivity index (χ1v) is 9.02. The summed E-state index contributed by atoms with van der Waals surface area (Å²) in [5.41, 5.74) is 1.51. The van der Waals surface area contributed by atoms with Gasteiger partial charge in [0.05, 0.1) is 22.6 Å². The first-order chi connectivity index (χ1) is 12.2. The van der Waals surface area contributed by atoms with E-state index in [4.69, 9.17) is 0 Å². The highest BCUT2D eigenvalue weighted by Gasteiger charge is 2.29. The summed E-state index contributed by atoms with van der Waals surface area (Å²) >= 11 is 0. The topological polar surface area (TPSA) is 107 Å². The molecule has 9 heteroatoms. The van der Waals surface area contributed by atoms with Gasteiger partial charge in [0.1, 0.15) is 6.54 Å². The second kappa shape index (κ2) is 7.52. The van der Waals surface area contributed by atoms with Gasteiger partial charge in [0.25, 0.3) is 15.7 Å². The van der Waals surface area contributed by atoms with Crippen LogP contribution >= 0.6 is 0 Å². The number of aryl methyl sites for hydroxylation is 2. The summed E-state index contributed by atoms with van der Waals surface area (Å²) in [7, 11) is -3.07. The van der Waals surface area contributed by atoms with E-state index < -0.39 is 27.5 Å². The van der Waals surface area contributed by atoms with Gasteiger partial charge in [-0.2, -0.15) is 0 Å². The lowest BCUT2D eigenvalue weighted by atomic mass is 10.1. The zero-order valence-electron chi connectivity index (χ0n) is 14.5. The van der Waals surface area contributed by atoms with Crippen molar-refractivity contribution in [2.24, 2.45) is 0 Å². The van der Waals surface area contributed by atoms with Crippen molar-refractivity contribution in [2.45, 2.75) is 18.7 Å². The molecule has 0 spiro atoms. The number of rotatable bonds is 6. The van der Waals surface area contributed by atoms with Gasteiger partial charge in [-0.15, -0.1) is 0 Å². The molecule has 2 rings (SSSR count). The van der Waals surface area contributed by atoms with E-state index in [2.05, 4.69) is 4.74 Å². The normalized spacial score (nSPS) is 11.0. The summed E-state index contributed by atoms with van der Waals surface area (Å²) in [6.07, 6.45) is 0. The zero-order valence-corrected chi connectivity index (χ0v) is 15.3. The van der Waals surface area contributed by atoms with Gasteiger partial charge in [-0.25, -0.2) is 8.42 Å². The molecular formula is C17H18N2O6S. The van der Waals surface area contributed by atoms with Gasteiger partial charge in [-0.05, 0) is 31.5 Å². The number of ether oxygens (including phenoxy) is 1. The molecule has 0 bridgehead atoms. The molecule has 0 heterocycles. The Morgan fingerprint density at radius 1 is 1.19 bits per heavy atom. The number of anilines is 1. The second-order valence-corrected chi connectivity index (χ2v) is 7.49. The number of hydrogen-bond donors (Lipinski definition) is 0. The Balaban J connectivity index is 2.61. The Morgan fingerprint density at radius 2 is 1.88 bits per heavy atom. The first kappa shape index (κ1) is 19.4. The van der Waals surface area contributed by atoms with Gasteiger partial charge in [-0.3, -0.25) is 19.2 Å². The van der Waals surface area contributed by atoms with Crippen molar-refractivity contribution < 1.29 is 22.9 Å². The van der Waals surface area contributed by atoms with Gasteiger partial charge in [-0.1, -0.05) is 23.8 Å². The summed E-state index contributed by atoms with van der Waals surface area (Å²) in [4.78, 5) is 21.8. The number of nitro benzene ring substituents is 1. The lowest BCUT2D eigenvalue weighted by molar-refractivity contribution is -0.385. The van der Waals surface area contributed by atoms with E-state index in [1.54, 1.807) is 25.1 Å². The summed E-state index contributed by atoms with van der Waals surface area (Å²) in [5.74, 6) is -0.751. The largest absolute Gasteiger partial charge is 0.468 e. The maximum Gasteiger partial charge on any atom is 0.326 e. The average molecular weight is 378 g/mol. The highest BCUT2D eigenvalue weighted by molar-refractivity contribution is 7.92. The number of hydrogen-bond acceptors (Lipinski definition) is 6. The lowest BCUT2D eigenvalue weighted by Crippen LogP contribution is -2.36. The quantitative estimate of drug-likeness (QED) is 0.434. The minimum atomic E-state index is -4.22. The summed E-state index contributed by atoms with van der Waals surface area (Å²) in [6.45, 7) is 3.03. The number of sulfonamides is 1. The van der Waals surface area contributed by atoms with Crippen LogP contribution < -0.4 is 4.31 Å². The lowest BCUT2D eigenvalue weighted by Gasteiger charge is -2.25. The minimum absolute atomic E-state index is 0.282. The Labute approximate surface area is 151 Å². The molecule has 2 aromatic carbocycles. The number of nitro groups is 1. The van der Waals surface area contributed by atoms with E-state index in [9.17, 15) is 23.3 Å². The standard InChI is InChI=1S/C17H18N2O6S/c1-12-7-8-16(13(2)9-12)18(11-17(20)25-3)26(23,24)15-6-4-5-14(10-15)19(21)22/h4-10H,11H2,1-3H3. The first-order valence-electron chi connectivity index (χ1n) is 7.58. The molecule has 0 aliphatic heterocycles. The van der Waals surface area contributed by atoms with Crippen LogP contribution in [0.25, 0.3) is 0 Å². The molecule has 0 atom stereocenters. The van der Waals surface area contributed by atoms with E-state index >= 15 is 0 Å². The highest BCUT2D eigenvalue weighted by atomic mass is 32.2. The fraction of sp³-hybridized carbons (Fsp3) is 0.235. The second-order valence-electron chi connectivity index (χ2n) is 5.63. The number of methoxy groups -OCH3 is 1. The Kier molecular flexibility index (Phi) is 5.61. The van der Waals surface area contributed by atoms with Crippen LogP contribution in [0.2, 0.25) is 0 Å². The van der Waals surface area contributed by atoms with Crippen molar-refractivity contribution >= 4 is 27.4 Å². The third-order valence-corrected chi connectivity index (χ3v) is 5.49. The number of benzene rings is 2. The van der Waals surface area contributed by atoms with Crippen LogP contribution in [0.3, 0.4) is 0 Å². The van der Waals surface area contributed by atoms with E-state index in [1.807, 2.05) is 6.92 Å². The highest BCUT2D eigenvalue weighted by Crippen LogP contribution is 2.29. The van der Waals surface area contributed by atoms with Crippen molar-refractivity contribution in [3.63, 3.8) is 0 Å². The van der Waals surface area contributed by atoms with Crippen molar-refractivity contribution in [1.82, 2.24) is 0 Å². The van der Waals surface area contributed by atoms with Crippen molar-refractivity contribution in [2.75, 3.05) is 18.0 Å². The van der Waals surface area contributed by atoms with Crippen LogP contribution in [0, 0.1) is 24.0 Å². The van der Waals surface area contributed by atoms with Crippen LogP contribution in [0.1, 0.15) is 11.1 Å². The molecule has 2 aromatic rings. The molecule has 0 aliphatic carbocycles. The number of carbonyl (C=O) groups is 1. The van der Waals surface area contributed by atoms with Crippen LogP contribution in [0.15, 0.2) is 47.4 Å². The molecule has 0 saturated heterocycles. The fourth-order valence-electron chi connectivity index (χ4n) is 2.45. The average Bonchev–Trinajstić information content (AvgIpc) is 2.60. The molecule has 0 aromatic heterocycles. The van der Waals surface area contributed by atoms with E-state index in [0.717, 1.165) is 23.0 Å². The van der Waals surface area contributed by atoms with E-state index in [1.165, 1.54) is 18.2 Å². The molecular weight excluding hydrogens is 360 g/mol. The van der Waals surface area contributed by atoms with Crippen LogP contribution in [-0.2, 0) is 19.6 Å².